The average molecular weight is 170 g/mol. The molecule has 0 amide bonds. The van der Waals surface area contributed by atoms with Crippen molar-refractivity contribution in [2.24, 2.45) is 22.8 Å². The minimum Gasteiger partial charge on any atom is -0.330 e. The Morgan fingerprint density at radius 1 is 1.33 bits per heavy atom. The van der Waals surface area contributed by atoms with Crippen LogP contribution in [-0.4, -0.2) is 12.6 Å². The zero-order valence-electron chi connectivity index (χ0n) is 8.34. The fourth-order valence-corrected chi connectivity index (χ4v) is 2.09. The Bertz CT molecular complexity index is 137. The minimum absolute atomic E-state index is 0.120. The van der Waals surface area contributed by atoms with Gasteiger partial charge in [0.15, 0.2) is 0 Å². The van der Waals surface area contributed by atoms with E-state index < -0.39 is 0 Å². The molecule has 4 N–H and O–H groups in total. The van der Waals surface area contributed by atoms with Crippen molar-refractivity contribution in [1.82, 2.24) is 0 Å². The first kappa shape index (κ1) is 10.0. The van der Waals surface area contributed by atoms with Gasteiger partial charge in [0.1, 0.15) is 0 Å². The van der Waals surface area contributed by atoms with Crippen LogP contribution in [0.2, 0.25) is 0 Å². The van der Waals surface area contributed by atoms with Gasteiger partial charge in [-0.3, -0.25) is 0 Å². The molecule has 0 aromatic heterocycles. The normalized spacial score (nSPS) is 23.0. The predicted octanol–water partition coefficient (Wildman–Crippen LogP) is 1.49. The highest BCUT2D eigenvalue weighted by Crippen LogP contribution is 2.33. The van der Waals surface area contributed by atoms with Gasteiger partial charge in [-0.25, -0.2) is 0 Å². The molecule has 72 valence electrons. The second-order valence-electron chi connectivity index (χ2n) is 4.76. The van der Waals surface area contributed by atoms with Crippen LogP contribution in [0.5, 0.6) is 0 Å². The first-order valence-corrected chi connectivity index (χ1v) is 5.03. The van der Waals surface area contributed by atoms with Crippen LogP contribution in [0.1, 0.15) is 39.5 Å². The Morgan fingerprint density at radius 2 is 1.83 bits per heavy atom. The summed E-state index contributed by atoms with van der Waals surface area (Å²) in [6.45, 7) is 5.05. The Balaban J connectivity index is 2.50. The monoisotopic (exact) mass is 170 g/mol. The van der Waals surface area contributed by atoms with Gasteiger partial charge in [-0.2, -0.15) is 0 Å². The van der Waals surface area contributed by atoms with Crippen LogP contribution < -0.4 is 11.5 Å². The summed E-state index contributed by atoms with van der Waals surface area (Å²) >= 11 is 0. The molecule has 1 rings (SSSR count). The molecule has 0 aromatic rings. The van der Waals surface area contributed by atoms with Gasteiger partial charge in [-0.1, -0.05) is 26.7 Å². The van der Waals surface area contributed by atoms with E-state index in [4.69, 9.17) is 11.5 Å². The maximum atomic E-state index is 6.19. The summed E-state index contributed by atoms with van der Waals surface area (Å²) in [6.07, 6.45) is 5.34. The molecular formula is C10H22N2. The van der Waals surface area contributed by atoms with Gasteiger partial charge in [0.2, 0.25) is 0 Å². The molecule has 2 nitrogen and oxygen atoms in total. The van der Waals surface area contributed by atoms with E-state index in [0.29, 0.717) is 12.6 Å². The van der Waals surface area contributed by atoms with Gasteiger partial charge in [0.25, 0.3) is 0 Å². The smallest absolute Gasteiger partial charge is 0.0131 e. The molecule has 0 aromatic carbocycles. The summed E-state index contributed by atoms with van der Waals surface area (Å²) in [4.78, 5) is 0. The van der Waals surface area contributed by atoms with E-state index in [0.717, 1.165) is 5.92 Å². The topological polar surface area (TPSA) is 52.0 Å². The molecule has 0 spiro atoms. The van der Waals surface area contributed by atoms with E-state index in [1.165, 1.54) is 25.7 Å². The Morgan fingerprint density at radius 3 is 2.25 bits per heavy atom. The van der Waals surface area contributed by atoms with Gasteiger partial charge in [0, 0.05) is 6.04 Å². The fraction of sp³-hybridized carbons (Fsp3) is 1.00. The SMILES string of the molecule is CC(C)(CN)C(N)C1CCCC1. The molecule has 0 aliphatic heterocycles. The van der Waals surface area contributed by atoms with Gasteiger partial charge >= 0.3 is 0 Å². The molecule has 1 aliphatic rings. The van der Waals surface area contributed by atoms with Gasteiger partial charge in [-0.05, 0) is 30.7 Å². The Kier molecular flexibility index (Phi) is 3.13. The summed E-state index contributed by atoms with van der Waals surface area (Å²) < 4.78 is 0. The van der Waals surface area contributed by atoms with Crippen LogP contribution in [0.25, 0.3) is 0 Å². The molecule has 0 radical (unpaired) electrons. The number of hydrogen-bond donors (Lipinski definition) is 2. The van der Waals surface area contributed by atoms with Gasteiger partial charge in [0.05, 0.1) is 0 Å². The van der Waals surface area contributed by atoms with Crippen molar-refractivity contribution in [3.63, 3.8) is 0 Å². The second-order valence-corrected chi connectivity index (χ2v) is 4.76. The summed E-state index contributed by atoms with van der Waals surface area (Å²) in [5, 5.41) is 0. The summed E-state index contributed by atoms with van der Waals surface area (Å²) in [7, 11) is 0. The van der Waals surface area contributed by atoms with Crippen molar-refractivity contribution in [3.05, 3.63) is 0 Å². The molecule has 0 bridgehead atoms. The van der Waals surface area contributed by atoms with E-state index in [1.807, 2.05) is 0 Å². The van der Waals surface area contributed by atoms with Crippen LogP contribution >= 0.6 is 0 Å². The van der Waals surface area contributed by atoms with Crippen molar-refractivity contribution in [2.75, 3.05) is 6.54 Å². The fourth-order valence-electron chi connectivity index (χ4n) is 2.09. The molecule has 1 aliphatic carbocycles. The van der Waals surface area contributed by atoms with Gasteiger partial charge < -0.3 is 11.5 Å². The van der Waals surface area contributed by atoms with E-state index >= 15 is 0 Å². The zero-order chi connectivity index (χ0) is 9.19. The highest BCUT2D eigenvalue weighted by molar-refractivity contribution is 4.89. The van der Waals surface area contributed by atoms with E-state index in [1.54, 1.807) is 0 Å². The third-order valence-corrected chi connectivity index (χ3v) is 3.34. The Labute approximate surface area is 75.7 Å². The molecule has 1 atom stereocenters. The van der Waals surface area contributed by atoms with E-state index in [-0.39, 0.29) is 5.41 Å². The zero-order valence-corrected chi connectivity index (χ0v) is 8.34. The lowest BCUT2D eigenvalue weighted by atomic mass is 9.77. The van der Waals surface area contributed by atoms with Crippen LogP contribution in [0, 0.1) is 11.3 Å². The number of rotatable bonds is 3. The average Bonchev–Trinajstić information content (AvgIpc) is 2.55. The minimum atomic E-state index is 0.120. The molecule has 0 heterocycles. The molecule has 12 heavy (non-hydrogen) atoms. The lowest BCUT2D eigenvalue weighted by Gasteiger charge is -2.34. The number of nitrogens with two attached hydrogens (primary N) is 2. The quantitative estimate of drug-likeness (QED) is 0.674. The third-order valence-electron chi connectivity index (χ3n) is 3.34. The summed E-state index contributed by atoms with van der Waals surface area (Å²) in [5.41, 5.74) is 12.0. The maximum absolute atomic E-state index is 6.19. The standard InChI is InChI=1S/C10H22N2/c1-10(2,7-11)9(12)8-5-3-4-6-8/h8-9H,3-7,11-12H2,1-2H3. The van der Waals surface area contributed by atoms with Crippen LogP contribution in [0.4, 0.5) is 0 Å². The summed E-state index contributed by atoms with van der Waals surface area (Å²) in [6, 6.07) is 0.296. The maximum Gasteiger partial charge on any atom is 0.0131 e. The van der Waals surface area contributed by atoms with Crippen molar-refractivity contribution >= 4 is 0 Å². The van der Waals surface area contributed by atoms with Crippen LogP contribution in [0.3, 0.4) is 0 Å². The van der Waals surface area contributed by atoms with Crippen LogP contribution in [0.15, 0.2) is 0 Å². The molecule has 0 saturated heterocycles. The first-order valence-electron chi connectivity index (χ1n) is 5.03. The van der Waals surface area contributed by atoms with Crippen molar-refractivity contribution in [1.29, 1.82) is 0 Å². The predicted molar refractivity (Wildman–Crippen MR) is 52.8 cm³/mol. The molecule has 1 unspecified atom stereocenters. The highest BCUT2D eigenvalue weighted by atomic mass is 14.7. The molecule has 1 saturated carbocycles. The van der Waals surface area contributed by atoms with E-state index in [9.17, 15) is 0 Å². The second kappa shape index (κ2) is 3.75. The Hall–Kier alpha value is -0.0800. The number of hydrogen-bond acceptors (Lipinski definition) is 2. The third kappa shape index (κ3) is 1.99. The van der Waals surface area contributed by atoms with Crippen molar-refractivity contribution < 1.29 is 0 Å². The lowest BCUT2D eigenvalue weighted by Crippen LogP contribution is -2.46. The highest BCUT2D eigenvalue weighted by Gasteiger charge is 2.32. The van der Waals surface area contributed by atoms with E-state index in [2.05, 4.69) is 13.8 Å². The van der Waals surface area contributed by atoms with Crippen molar-refractivity contribution in [3.8, 4) is 0 Å². The molecular weight excluding hydrogens is 148 g/mol. The first-order chi connectivity index (χ1) is 5.58. The lowest BCUT2D eigenvalue weighted by molar-refractivity contribution is 0.223. The summed E-state index contributed by atoms with van der Waals surface area (Å²) in [5.74, 6) is 0.726. The molecule has 1 fully saturated rings. The van der Waals surface area contributed by atoms with Crippen LogP contribution in [-0.2, 0) is 0 Å². The molecule has 2 heteroatoms. The largest absolute Gasteiger partial charge is 0.330 e. The van der Waals surface area contributed by atoms with Crippen molar-refractivity contribution in [2.45, 2.75) is 45.6 Å². The van der Waals surface area contributed by atoms with Gasteiger partial charge in [-0.15, -0.1) is 0 Å².